The molecule has 0 unspecified atom stereocenters. The van der Waals surface area contributed by atoms with Gasteiger partial charge in [-0.1, -0.05) is 33.0 Å². The zero-order valence-electron chi connectivity index (χ0n) is 8.13. The quantitative estimate of drug-likeness (QED) is 0.768. The lowest BCUT2D eigenvalue weighted by Crippen LogP contribution is -2.13. The summed E-state index contributed by atoms with van der Waals surface area (Å²) in [6, 6.07) is 0. The van der Waals surface area contributed by atoms with Gasteiger partial charge in [-0.3, -0.25) is 0 Å². The van der Waals surface area contributed by atoms with Crippen LogP contribution in [0.3, 0.4) is 0 Å². The van der Waals surface area contributed by atoms with E-state index >= 15 is 0 Å². The third-order valence-electron chi connectivity index (χ3n) is 1.65. The SMILES string of the molecule is CC(C)(C)c1csc(CC(N)=S)n1. The average molecular weight is 214 g/mol. The van der Waals surface area contributed by atoms with E-state index in [1.807, 2.05) is 0 Å². The summed E-state index contributed by atoms with van der Waals surface area (Å²) in [6.45, 7) is 6.44. The van der Waals surface area contributed by atoms with Crippen molar-refractivity contribution in [3.8, 4) is 0 Å². The molecule has 0 fully saturated rings. The van der Waals surface area contributed by atoms with Crippen LogP contribution in [0.4, 0.5) is 0 Å². The van der Waals surface area contributed by atoms with Gasteiger partial charge in [0.1, 0.15) is 0 Å². The molecule has 0 amide bonds. The first-order valence-electron chi connectivity index (χ1n) is 4.13. The molecule has 0 saturated heterocycles. The Morgan fingerprint density at radius 3 is 2.62 bits per heavy atom. The van der Waals surface area contributed by atoms with E-state index in [-0.39, 0.29) is 5.41 Å². The predicted octanol–water partition coefficient (Wildman–Crippen LogP) is 2.27. The number of rotatable bonds is 2. The van der Waals surface area contributed by atoms with Crippen LogP contribution >= 0.6 is 23.6 Å². The number of thiocarbonyl (C=S) groups is 1. The molecule has 1 aromatic rings. The first-order valence-corrected chi connectivity index (χ1v) is 5.41. The van der Waals surface area contributed by atoms with Crippen molar-refractivity contribution in [2.75, 3.05) is 0 Å². The van der Waals surface area contributed by atoms with E-state index in [1.54, 1.807) is 11.3 Å². The van der Waals surface area contributed by atoms with E-state index in [9.17, 15) is 0 Å². The maximum Gasteiger partial charge on any atom is 0.0996 e. The van der Waals surface area contributed by atoms with Gasteiger partial charge in [0.2, 0.25) is 0 Å². The molecule has 4 heteroatoms. The molecule has 0 radical (unpaired) electrons. The monoisotopic (exact) mass is 214 g/mol. The zero-order chi connectivity index (χ0) is 10.1. The number of hydrogen-bond donors (Lipinski definition) is 1. The van der Waals surface area contributed by atoms with Gasteiger partial charge in [0.25, 0.3) is 0 Å². The molecule has 0 aliphatic rings. The third-order valence-corrected chi connectivity index (χ3v) is 2.64. The standard InChI is InChI=1S/C9H14N2S2/c1-9(2,3)6-5-13-8(11-6)4-7(10)12/h5H,4H2,1-3H3,(H2,10,12). The maximum atomic E-state index is 5.44. The minimum atomic E-state index is 0.116. The van der Waals surface area contributed by atoms with Crippen molar-refractivity contribution >= 4 is 28.5 Å². The lowest BCUT2D eigenvalue weighted by molar-refractivity contribution is 0.571. The molecule has 0 atom stereocenters. The van der Waals surface area contributed by atoms with Gasteiger partial charge in [-0.2, -0.15) is 0 Å². The largest absolute Gasteiger partial charge is 0.393 e. The smallest absolute Gasteiger partial charge is 0.0996 e. The van der Waals surface area contributed by atoms with Crippen LogP contribution in [0.1, 0.15) is 31.5 Å². The highest BCUT2D eigenvalue weighted by Crippen LogP contribution is 2.23. The average Bonchev–Trinajstić information content (AvgIpc) is 2.32. The third kappa shape index (κ3) is 3.04. The van der Waals surface area contributed by atoms with Crippen LogP contribution < -0.4 is 5.73 Å². The highest BCUT2D eigenvalue weighted by Gasteiger charge is 2.17. The molecule has 2 nitrogen and oxygen atoms in total. The van der Waals surface area contributed by atoms with E-state index < -0.39 is 0 Å². The molecular formula is C9H14N2S2. The molecule has 0 aliphatic carbocycles. The molecule has 1 rings (SSSR count). The van der Waals surface area contributed by atoms with E-state index in [0.717, 1.165) is 10.7 Å². The van der Waals surface area contributed by atoms with Gasteiger partial charge in [-0.05, 0) is 0 Å². The van der Waals surface area contributed by atoms with Crippen LogP contribution in [-0.4, -0.2) is 9.97 Å². The fourth-order valence-corrected chi connectivity index (χ4v) is 2.16. The summed E-state index contributed by atoms with van der Waals surface area (Å²) < 4.78 is 0. The number of nitrogens with zero attached hydrogens (tertiary/aromatic N) is 1. The first kappa shape index (κ1) is 10.6. The van der Waals surface area contributed by atoms with Crippen molar-refractivity contribution in [3.05, 3.63) is 16.1 Å². The molecule has 13 heavy (non-hydrogen) atoms. The van der Waals surface area contributed by atoms with E-state index in [1.165, 1.54) is 0 Å². The normalized spacial score (nSPS) is 11.6. The minimum Gasteiger partial charge on any atom is -0.393 e. The Hall–Kier alpha value is -0.480. The Morgan fingerprint density at radius 1 is 1.62 bits per heavy atom. The summed E-state index contributed by atoms with van der Waals surface area (Å²) in [5, 5.41) is 3.09. The van der Waals surface area contributed by atoms with Crippen LogP contribution in [0, 0.1) is 0 Å². The first-order chi connectivity index (χ1) is 5.89. The molecule has 2 N–H and O–H groups in total. The van der Waals surface area contributed by atoms with Crippen LogP contribution in [-0.2, 0) is 11.8 Å². The summed E-state index contributed by atoms with van der Waals surface area (Å²) in [7, 11) is 0. The van der Waals surface area contributed by atoms with Gasteiger partial charge in [-0.25, -0.2) is 4.98 Å². The minimum absolute atomic E-state index is 0.116. The second-order valence-corrected chi connectivity index (χ2v) is 5.49. The fraction of sp³-hybridized carbons (Fsp3) is 0.556. The lowest BCUT2D eigenvalue weighted by Gasteiger charge is -2.14. The van der Waals surface area contributed by atoms with Crippen LogP contribution in [0.5, 0.6) is 0 Å². The Morgan fingerprint density at radius 2 is 2.23 bits per heavy atom. The van der Waals surface area contributed by atoms with Crippen molar-refractivity contribution in [3.63, 3.8) is 0 Å². The number of nitrogens with two attached hydrogens (primary N) is 1. The fourth-order valence-electron chi connectivity index (χ4n) is 0.886. The Balaban J connectivity index is 2.81. The van der Waals surface area contributed by atoms with Gasteiger partial charge in [0.05, 0.1) is 15.7 Å². The van der Waals surface area contributed by atoms with E-state index in [4.69, 9.17) is 18.0 Å². The lowest BCUT2D eigenvalue weighted by atomic mass is 9.93. The van der Waals surface area contributed by atoms with Crippen LogP contribution in [0.25, 0.3) is 0 Å². The van der Waals surface area contributed by atoms with Crippen LogP contribution in [0.2, 0.25) is 0 Å². The molecule has 0 bridgehead atoms. The van der Waals surface area contributed by atoms with Gasteiger partial charge in [-0.15, -0.1) is 11.3 Å². The number of hydrogen-bond acceptors (Lipinski definition) is 3. The van der Waals surface area contributed by atoms with Crippen molar-refractivity contribution < 1.29 is 0 Å². The predicted molar refractivity (Wildman–Crippen MR) is 61.3 cm³/mol. The molecule has 0 aliphatic heterocycles. The second-order valence-electron chi connectivity index (χ2n) is 4.02. The van der Waals surface area contributed by atoms with Crippen molar-refractivity contribution in [2.24, 2.45) is 5.73 Å². The summed E-state index contributed by atoms with van der Waals surface area (Å²) in [4.78, 5) is 4.98. The van der Waals surface area contributed by atoms with E-state index in [2.05, 4.69) is 31.1 Å². The molecule has 72 valence electrons. The summed E-state index contributed by atoms with van der Waals surface area (Å²) in [5.74, 6) is 0. The second kappa shape index (κ2) is 3.72. The highest BCUT2D eigenvalue weighted by molar-refractivity contribution is 7.80. The Kier molecular flexibility index (Phi) is 3.03. The van der Waals surface area contributed by atoms with Crippen molar-refractivity contribution in [1.82, 2.24) is 4.98 Å². The van der Waals surface area contributed by atoms with Gasteiger partial charge in [0.15, 0.2) is 0 Å². The Bertz CT molecular complexity index is 310. The molecular weight excluding hydrogens is 200 g/mol. The molecule has 0 spiro atoms. The molecule has 1 aromatic heterocycles. The highest BCUT2D eigenvalue weighted by atomic mass is 32.1. The van der Waals surface area contributed by atoms with Gasteiger partial charge in [0, 0.05) is 17.2 Å². The summed E-state index contributed by atoms with van der Waals surface area (Å²) in [5.41, 5.74) is 6.67. The molecule has 0 saturated carbocycles. The van der Waals surface area contributed by atoms with Crippen LogP contribution in [0.15, 0.2) is 5.38 Å². The summed E-state index contributed by atoms with van der Waals surface area (Å²) in [6.07, 6.45) is 0.621. The molecule has 1 heterocycles. The van der Waals surface area contributed by atoms with Gasteiger partial charge >= 0.3 is 0 Å². The zero-order valence-corrected chi connectivity index (χ0v) is 9.76. The topological polar surface area (TPSA) is 38.9 Å². The van der Waals surface area contributed by atoms with Gasteiger partial charge < -0.3 is 5.73 Å². The number of thiazole rings is 1. The van der Waals surface area contributed by atoms with E-state index in [0.29, 0.717) is 11.4 Å². The van der Waals surface area contributed by atoms with Crippen molar-refractivity contribution in [1.29, 1.82) is 0 Å². The Labute approximate surface area is 88.2 Å². The number of aromatic nitrogens is 1. The maximum absolute atomic E-state index is 5.44. The molecule has 0 aromatic carbocycles. The summed E-state index contributed by atoms with van der Waals surface area (Å²) >= 11 is 6.45. The van der Waals surface area contributed by atoms with Crippen molar-refractivity contribution in [2.45, 2.75) is 32.6 Å².